The van der Waals surface area contributed by atoms with Gasteiger partial charge in [-0.05, 0) is 25.2 Å². The molecule has 0 aliphatic rings. The van der Waals surface area contributed by atoms with Gasteiger partial charge in [-0.2, -0.15) is 0 Å². The van der Waals surface area contributed by atoms with Crippen LogP contribution in [0.3, 0.4) is 0 Å². The van der Waals surface area contributed by atoms with E-state index < -0.39 is 0 Å². The van der Waals surface area contributed by atoms with Crippen LogP contribution in [0.4, 0.5) is 10.7 Å². The lowest BCUT2D eigenvalue weighted by molar-refractivity contribution is 0.0958. The molecular weight excluding hydrogens is 286 g/mol. The van der Waals surface area contributed by atoms with E-state index in [1.165, 1.54) is 17.8 Å². The van der Waals surface area contributed by atoms with Crippen molar-refractivity contribution in [3.63, 3.8) is 0 Å². The van der Waals surface area contributed by atoms with E-state index in [4.69, 9.17) is 10.5 Å². The summed E-state index contributed by atoms with van der Waals surface area (Å²) in [6, 6.07) is 0. The number of ether oxygens (including phenoxy) is 1. The van der Waals surface area contributed by atoms with Gasteiger partial charge in [0.05, 0.1) is 7.11 Å². The van der Waals surface area contributed by atoms with Crippen LogP contribution in [-0.4, -0.2) is 26.1 Å². The number of hydrogen-bond acceptors (Lipinski definition) is 5. The van der Waals surface area contributed by atoms with Crippen LogP contribution in [0, 0.1) is 5.92 Å². The Morgan fingerprint density at radius 1 is 1.38 bits per heavy atom. The Kier molecular flexibility index (Phi) is 7.36. The Hall–Kier alpha value is -1.43. The van der Waals surface area contributed by atoms with E-state index in [1.54, 1.807) is 7.11 Å². The first-order chi connectivity index (χ1) is 10.0. The summed E-state index contributed by atoms with van der Waals surface area (Å²) in [5.74, 6) is 1.14. The van der Waals surface area contributed by atoms with Crippen molar-refractivity contribution in [1.29, 1.82) is 0 Å². The Morgan fingerprint density at radius 3 is 2.67 bits per heavy atom. The average Bonchev–Trinajstić information content (AvgIpc) is 2.77. The quantitative estimate of drug-likeness (QED) is 0.611. The van der Waals surface area contributed by atoms with Crippen LogP contribution in [0.25, 0.3) is 0 Å². The number of carbonyl (C=O) groups excluding carboxylic acids is 1. The van der Waals surface area contributed by atoms with Gasteiger partial charge in [0.1, 0.15) is 15.6 Å². The standard InChI is InChI=1S/C15H27N3O2S/c1-5-8-17-14(19)13-11(16)12(20-4)15(21-13)18-9-6-7-10(2)3/h10,18H,5-9,16H2,1-4H3,(H,17,19). The molecule has 120 valence electrons. The second kappa shape index (κ2) is 8.77. The highest BCUT2D eigenvalue weighted by Crippen LogP contribution is 2.42. The largest absolute Gasteiger partial charge is 0.492 e. The molecule has 0 saturated carbocycles. The first-order valence-electron chi connectivity index (χ1n) is 7.49. The monoisotopic (exact) mass is 313 g/mol. The number of nitrogens with two attached hydrogens (primary N) is 1. The van der Waals surface area contributed by atoms with Gasteiger partial charge in [0.15, 0.2) is 5.75 Å². The Bertz CT molecular complexity index is 458. The number of thiophene rings is 1. The van der Waals surface area contributed by atoms with E-state index in [9.17, 15) is 4.79 Å². The summed E-state index contributed by atoms with van der Waals surface area (Å²) >= 11 is 1.35. The van der Waals surface area contributed by atoms with Crippen molar-refractivity contribution in [3.8, 4) is 5.75 Å². The number of nitrogens with one attached hydrogen (secondary N) is 2. The van der Waals surface area contributed by atoms with Gasteiger partial charge in [0.2, 0.25) is 0 Å². The van der Waals surface area contributed by atoms with Gasteiger partial charge in [0.25, 0.3) is 5.91 Å². The molecule has 0 saturated heterocycles. The summed E-state index contributed by atoms with van der Waals surface area (Å²) < 4.78 is 5.33. The van der Waals surface area contributed by atoms with Crippen LogP contribution < -0.4 is 21.1 Å². The molecule has 0 fully saturated rings. The first-order valence-corrected chi connectivity index (χ1v) is 8.31. The van der Waals surface area contributed by atoms with Gasteiger partial charge < -0.3 is 21.1 Å². The van der Waals surface area contributed by atoms with Gasteiger partial charge in [-0.25, -0.2) is 0 Å². The predicted molar refractivity (Wildman–Crippen MR) is 90.5 cm³/mol. The molecule has 6 heteroatoms. The van der Waals surface area contributed by atoms with Crippen molar-refractivity contribution in [2.75, 3.05) is 31.2 Å². The minimum atomic E-state index is -0.132. The minimum Gasteiger partial charge on any atom is -0.492 e. The molecule has 1 aromatic heterocycles. The summed E-state index contributed by atoms with van der Waals surface area (Å²) in [7, 11) is 1.57. The fourth-order valence-electron chi connectivity index (χ4n) is 1.95. The number of nitrogen functional groups attached to an aromatic ring is 1. The maximum Gasteiger partial charge on any atom is 0.263 e. The minimum absolute atomic E-state index is 0.132. The highest BCUT2D eigenvalue weighted by molar-refractivity contribution is 7.19. The molecule has 0 spiro atoms. The van der Waals surface area contributed by atoms with E-state index in [-0.39, 0.29) is 5.91 Å². The van der Waals surface area contributed by atoms with Crippen molar-refractivity contribution in [2.24, 2.45) is 5.92 Å². The number of anilines is 2. The maximum absolute atomic E-state index is 12.1. The molecular formula is C15H27N3O2S. The SMILES string of the molecule is CCCNC(=O)c1sc(NCCCC(C)C)c(OC)c1N. The smallest absolute Gasteiger partial charge is 0.263 e. The molecule has 0 bridgehead atoms. The fraction of sp³-hybridized carbons (Fsp3) is 0.667. The summed E-state index contributed by atoms with van der Waals surface area (Å²) in [5.41, 5.74) is 6.44. The molecule has 0 aliphatic carbocycles. The van der Waals surface area contributed by atoms with Crippen LogP contribution in [0.2, 0.25) is 0 Å². The van der Waals surface area contributed by atoms with E-state index >= 15 is 0 Å². The lowest BCUT2D eigenvalue weighted by atomic mass is 10.1. The molecule has 1 heterocycles. The van der Waals surface area contributed by atoms with Crippen molar-refractivity contribution >= 4 is 27.9 Å². The molecule has 1 aromatic rings. The van der Waals surface area contributed by atoms with Gasteiger partial charge in [-0.3, -0.25) is 4.79 Å². The molecule has 0 atom stereocenters. The second-order valence-electron chi connectivity index (χ2n) is 5.43. The Balaban J connectivity index is 2.73. The van der Waals surface area contributed by atoms with Gasteiger partial charge in [-0.1, -0.05) is 20.8 Å². The van der Waals surface area contributed by atoms with Crippen molar-refractivity contribution in [2.45, 2.75) is 40.0 Å². The molecule has 1 amide bonds. The lowest BCUT2D eigenvalue weighted by Gasteiger charge is -2.08. The zero-order valence-corrected chi connectivity index (χ0v) is 14.2. The number of hydrogen-bond donors (Lipinski definition) is 3. The average molecular weight is 313 g/mol. The third-order valence-electron chi connectivity index (χ3n) is 3.09. The maximum atomic E-state index is 12.1. The highest BCUT2D eigenvalue weighted by Gasteiger charge is 2.21. The number of methoxy groups -OCH3 is 1. The molecule has 21 heavy (non-hydrogen) atoms. The van der Waals surface area contributed by atoms with Crippen LogP contribution in [0.5, 0.6) is 5.75 Å². The molecule has 0 unspecified atom stereocenters. The normalized spacial score (nSPS) is 10.7. The third-order valence-corrected chi connectivity index (χ3v) is 4.23. The van der Waals surface area contributed by atoms with Crippen LogP contribution in [-0.2, 0) is 0 Å². The lowest BCUT2D eigenvalue weighted by Crippen LogP contribution is -2.23. The van der Waals surface area contributed by atoms with Gasteiger partial charge >= 0.3 is 0 Å². The number of amides is 1. The molecule has 4 N–H and O–H groups in total. The zero-order valence-electron chi connectivity index (χ0n) is 13.4. The summed E-state index contributed by atoms with van der Waals surface area (Å²) in [5, 5.41) is 7.00. The molecule has 0 radical (unpaired) electrons. The van der Waals surface area contributed by atoms with Crippen LogP contribution >= 0.6 is 11.3 Å². The van der Waals surface area contributed by atoms with E-state index in [1.807, 2.05) is 6.92 Å². The van der Waals surface area contributed by atoms with E-state index in [0.717, 1.165) is 24.4 Å². The third kappa shape index (κ3) is 5.12. The summed E-state index contributed by atoms with van der Waals surface area (Å²) in [4.78, 5) is 12.6. The fourth-order valence-corrected chi connectivity index (χ4v) is 2.98. The molecule has 1 rings (SSSR count). The first kappa shape index (κ1) is 17.6. The van der Waals surface area contributed by atoms with E-state index in [0.29, 0.717) is 28.8 Å². The van der Waals surface area contributed by atoms with Gasteiger partial charge in [0, 0.05) is 13.1 Å². The van der Waals surface area contributed by atoms with Crippen molar-refractivity contribution < 1.29 is 9.53 Å². The molecule has 0 aromatic carbocycles. The topological polar surface area (TPSA) is 76.4 Å². The van der Waals surface area contributed by atoms with Crippen molar-refractivity contribution in [3.05, 3.63) is 4.88 Å². The molecule has 0 aliphatic heterocycles. The Labute approximate surface area is 131 Å². The number of rotatable bonds is 9. The summed E-state index contributed by atoms with van der Waals surface area (Å²) in [6.45, 7) is 7.93. The number of carbonyl (C=O) groups is 1. The van der Waals surface area contributed by atoms with E-state index in [2.05, 4.69) is 24.5 Å². The van der Waals surface area contributed by atoms with Crippen LogP contribution in [0.15, 0.2) is 0 Å². The van der Waals surface area contributed by atoms with Crippen LogP contribution in [0.1, 0.15) is 49.7 Å². The summed E-state index contributed by atoms with van der Waals surface area (Å²) in [6.07, 6.45) is 3.14. The Morgan fingerprint density at radius 2 is 2.10 bits per heavy atom. The molecule has 5 nitrogen and oxygen atoms in total. The predicted octanol–water partition coefficient (Wildman–Crippen LogP) is 3.33. The van der Waals surface area contributed by atoms with Gasteiger partial charge in [-0.15, -0.1) is 11.3 Å². The van der Waals surface area contributed by atoms with Crippen molar-refractivity contribution in [1.82, 2.24) is 5.32 Å². The highest BCUT2D eigenvalue weighted by atomic mass is 32.1. The zero-order chi connectivity index (χ0) is 15.8. The second-order valence-corrected chi connectivity index (χ2v) is 6.45.